The monoisotopic (exact) mass is 304 g/mol. The first-order valence-electron chi connectivity index (χ1n) is 6.77. The average molecular weight is 304 g/mol. The maximum Gasteiger partial charge on any atom is 0.329 e. The molecule has 7 nitrogen and oxygen atoms in total. The molecular formula is C12H20N2O5S. The fourth-order valence-corrected chi connectivity index (χ4v) is 3.79. The third-order valence-corrected chi connectivity index (χ3v) is 5.21. The van der Waals surface area contributed by atoms with Gasteiger partial charge in [-0.2, -0.15) is 0 Å². The molecule has 0 radical (unpaired) electrons. The number of amides is 2. The van der Waals surface area contributed by atoms with Crippen molar-refractivity contribution in [1.29, 1.82) is 0 Å². The second-order valence-electron chi connectivity index (χ2n) is 5.22. The second kappa shape index (κ2) is 6.53. The quantitative estimate of drug-likeness (QED) is 0.671. The van der Waals surface area contributed by atoms with Crippen molar-refractivity contribution in [3.05, 3.63) is 0 Å². The van der Waals surface area contributed by atoms with Crippen molar-refractivity contribution in [3.63, 3.8) is 0 Å². The summed E-state index contributed by atoms with van der Waals surface area (Å²) < 4.78 is 16.4. The van der Waals surface area contributed by atoms with E-state index in [1.165, 1.54) is 0 Å². The van der Waals surface area contributed by atoms with Crippen LogP contribution in [0.15, 0.2) is 0 Å². The third-order valence-electron chi connectivity index (χ3n) is 3.83. The summed E-state index contributed by atoms with van der Waals surface area (Å²) in [6.45, 7) is 0.657. The van der Waals surface area contributed by atoms with Gasteiger partial charge >= 0.3 is 12.0 Å². The van der Waals surface area contributed by atoms with Crippen LogP contribution < -0.4 is 10.6 Å². The molecule has 0 atom stereocenters. The van der Waals surface area contributed by atoms with Gasteiger partial charge in [0.1, 0.15) is 5.54 Å². The van der Waals surface area contributed by atoms with E-state index in [1.54, 1.807) is 0 Å². The summed E-state index contributed by atoms with van der Waals surface area (Å²) in [5, 5.41) is 14.7. The minimum Gasteiger partial charge on any atom is -0.480 e. The Morgan fingerprint density at radius 3 is 2.35 bits per heavy atom. The molecular weight excluding hydrogens is 284 g/mol. The number of carboxylic acid groups (broad SMARTS) is 1. The van der Waals surface area contributed by atoms with E-state index in [1.807, 2.05) is 0 Å². The first-order chi connectivity index (χ1) is 9.52. The summed E-state index contributed by atoms with van der Waals surface area (Å²) in [7, 11) is -0.780. The fourth-order valence-electron chi connectivity index (χ4n) is 2.49. The van der Waals surface area contributed by atoms with Gasteiger partial charge in [-0.15, -0.1) is 0 Å². The fraction of sp³-hybridized carbons (Fsp3) is 0.833. The van der Waals surface area contributed by atoms with Gasteiger partial charge in [0.25, 0.3) is 0 Å². The minimum absolute atomic E-state index is 0.0293. The number of aliphatic carboxylic acids is 1. The Labute approximate surface area is 119 Å². The summed E-state index contributed by atoms with van der Waals surface area (Å²) in [6.07, 6.45) is 1.88. The van der Waals surface area contributed by atoms with Gasteiger partial charge in [0, 0.05) is 54.4 Å². The lowest BCUT2D eigenvalue weighted by Gasteiger charge is -2.34. The van der Waals surface area contributed by atoms with Crippen molar-refractivity contribution >= 4 is 22.8 Å². The zero-order chi connectivity index (χ0) is 14.6. The van der Waals surface area contributed by atoms with E-state index < -0.39 is 28.3 Å². The first kappa shape index (κ1) is 15.2. The summed E-state index contributed by atoms with van der Waals surface area (Å²) in [4.78, 5) is 23.4. The first-order valence-corrected chi connectivity index (χ1v) is 8.25. The van der Waals surface area contributed by atoms with Crippen molar-refractivity contribution in [2.45, 2.75) is 37.3 Å². The molecule has 8 heteroatoms. The molecule has 0 aromatic heterocycles. The number of ether oxygens (including phenoxy) is 1. The van der Waals surface area contributed by atoms with Crippen LogP contribution >= 0.6 is 0 Å². The Hall–Kier alpha value is -1.15. The third kappa shape index (κ3) is 3.69. The van der Waals surface area contributed by atoms with E-state index in [0.29, 0.717) is 37.6 Å². The molecule has 2 fully saturated rings. The van der Waals surface area contributed by atoms with E-state index in [-0.39, 0.29) is 18.9 Å². The number of hydrogen-bond donors (Lipinski definition) is 3. The molecule has 2 heterocycles. The van der Waals surface area contributed by atoms with E-state index in [2.05, 4.69) is 10.6 Å². The Bertz CT molecular complexity index is 399. The number of carbonyl (C=O) groups excluding carboxylic acids is 1. The van der Waals surface area contributed by atoms with Crippen LogP contribution in [0.4, 0.5) is 4.79 Å². The topological polar surface area (TPSA) is 105 Å². The van der Waals surface area contributed by atoms with E-state index in [0.717, 1.165) is 0 Å². The Balaban J connectivity index is 1.88. The van der Waals surface area contributed by atoms with Crippen LogP contribution in [-0.2, 0) is 20.3 Å². The zero-order valence-corrected chi connectivity index (χ0v) is 12.0. The second-order valence-corrected chi connectivity index (χ2v) is 6.92. The number of nitrogens with one attached hydrogen (secondary N) is 2. The SMILES string of the molecule is O=C(NC1CCS(=O)CC1)NC1(C(=O)O)CCOCC1. The summed E-state index contributed by atoms with van der Waals surface area (Å²) >= 11 is 0. The predicted octanol–water partition coefficient (Wildman–Crippen LogP) is -0.169. The van der Waals surface area contributed by atoms with Gasteiger partial charge in [-0.05, 0) is 12.8 Å². The van der Waals surface area contributed by atoms with Crippen LogP contribution in [0.25, 0.3) is 0 Å². The highest BCUT2D eigenvalue weighted by Crippen LogP contribution is 2.21. The van der Waals surface area contributed by atoms with Crippen LogP contribution in [-0.4, -0.2) is 57.6 Å². The number of rotatable bonds is 3. The van der Waals surface area contributed by atoms with Crippen LogP contribution in [0.2, 0.25) is 0 Å². The molecule has 20 heavy (non-hydrogen) atoms. The highest BCUT2D eigenvalue weighted by Gasteiger charge is 2.41. The minimum atomic E-state index is -1.24. The predicted molar refractivity (Wildman–Crippen MR) is 73.0 cm³/mol. The van der Waals surface area contributed by atoms with Crippen LogP contribution in [0, 0.1) is 0 Å². The molecule has 0 aromatic carbocycles. The van der Waals surface area contributed by atoms with Gasteiger partial charge in [0.2, 0.25) is 0 Å². The smallest absolute Gasteiger partial charge is 0.329 e. The molecule has 0 unspecified atom stereocenters. The molecule has 0 bridgehead atoms. The molecule has 2 amide bonds. The van der Waals surface area contributed by atoms with Gasteiger partial charge in [-0.1, -0.05) is 0 Å². The van der Waals surface area contributed by atoms with Gasteiger partial charge in [-0.25, -0.2) is 9.59 Å². The van der Waals surface area contributed by atoms with E-state index in [9.17, 15) is 18.9 Å². The number of carboxylic acids is 1. The molecule has 2 saturated heterocycles. The van der Waals surface area contributed by atoms with E-state index >= 15 is 0 Å². The van der Waals surface area contributed by atoms with Gasteiger partial charge in [0.15, 0.2) is 0 Å². The van der Waals surface area contributed by atoms with Crippen LogP contribution in [0.3, 0.4) is 0 Å². The molecule has 2 aliphatic heterocycles. The molecule has 114 valence electrons. The lowest BCUT2D eigenvalue weighted by atomic mass is 9.90. The lowest BCUT2D eigenvalue weighted by Crippen LogP contribution is -2.60. The average Bonchev–Trinajstić information content (AvgIpc) is 2.42. The summed E-state index contributed by atoms with van der Waals surface area (Å²) in [6, 6.07) is -0.495. The number of carbonyl (C=O) groups is 2. The molecule has 2 rings (SSSR count). The number of hydrogen-bond acceptors (Lipinski definition) is 4. The summed E-state index contributed by atoms with van der Waals surface area (Å²) in [5.41, 5.74) is -1.24. The maximum absolute atomic E-state index is 12.0. The van der Waals surface area contributed by atoms with Gasteiger partial charge in [0.05, 0.1) is 0 Å². The van der Waals surface area contributed by atoms with E-state index in [4.69, 9.17) is 4.74 Å². The molecule has 3 N–H and O–H groups in total. The van der Waals surface area contributed by atoms with Crippen molar-refractivity contribution in [2.24, 2.45) is 0 Å². The molecule has 0 aromatic rings. The Morgan fingerprint density at radius 1 is 1.20 bits per heavy atom. The Morgan fingerprint density at radius 2 is 1.80 bits per heavy atom. The molecule has 0 spiro atoms. The molecule has 0 aliphatic carbocycles. The maximum atomic E-state index is 12.0. The normalized spacial score (nSPS) is 29.4. The van der Waals surface area contributed by atoms with Crippen molar-refractivity contribution in [3.8, 4) is 0 Å². The lowest BCUT2D eigenvalue weighted by molar-refractivity contribution is -0.148. The van der Waals surface area contributed by atoms with Crippen molar-refractivity contribution in [2.75, 3.05) is 24.7 Å². The standard InChI is InChI=1S/C12H20N2O5S/c15-10(16)12(3-5-19-6-4-12)14-11(17)13-9-1-7-20(18)8-2-9/h9H,1-8H2,(H,15,16)(H2,13,14,17). The van der Waals surface area contributed by atoms with Gasteiger partial charge < -0.3 is 20.5 Å². The molecule has 0 saturated carbocycles. The zero-order valence-electron chi connectivity index (χ0n) is 11.2. The highest BCUT2D eigenvalue weighted by molar-refractivity contribution is 7.85. The summed E-state index contributed by atoms with van der Waals surface area (Å²) in [5.74, 6) is 0.145. The molecule has 2 aliphatic rings. The highest BCUT2D eigenvalue weighted by atomic mass is 32.2. The van der Waals surface area contributed by atoms with Gasteiger partial charge in [-0.3, -0.25) is 4.21 Å². The van der Waals surface area contributed by atoms with Crippen LogP contribution in [0.5, 0.6) is 0 Å². The largest absolute Gasteiger partial charge is 0.480 e. The van der Waals surface area contributed by atoms with Crippen molar-refractivity contribution in [1.82, 2.24) is 10.6 Å². The van der Waals surface area contributed by atoms with Crippen LogP contribution in [0.1, 0.15) is 25.7 Å². The van der Waals surface area contributed by atoms with Crippen molar-refractivity contribution < 1.29 is 23.6 Å². The number of urea groups is 1. The Kier molecular flexibility index (Phi) is 4.98.